The van der Waals surface area contributed by atoms with Crippen LogP contribution in [0.2, 0.25) is 0 Å². The average Bonchev–Trinajstić information content (AvgIpc) is 3.01. The number of aromatic nitrogens is 1. The number of rotatable bonds is 4. The van der Waals surface area contributed by atoms with E-state index in [0.29, 0.717) is 17.1 Å². The second-order valence-electron chi connectivity index (χ2n) is 6.90. The van der Waals surface area contributed by atoms with Crippen LogP contribution < -0.4 is 10.6 Å². The molecule has 0 fully saturated rings. The van der Waals surface area contributed by atoms with Crippen molar-refractivity contribution in [3.63, 3.8) is 0 Å². The molecule has 0 unspecified atom stereocenters. The van der Waals surface area contributed by atoms with Crippen LogP contribution in [0.5, 0.6) is 0 Å². The van der Waals surface area contributed by atoms with Crippen molar-refractivity contribution in [3.8, 4) is 0 Å². The molecule has 0 saturated carbocycles. The van der Waals surface area contributed by atoms with Gasteiger partial charge in [-0.2, -0.15) is 0 Å². The first-order valence-corrected chi connectivity index (χ1v) is 8.66. The van der Waals surface area contributed by atoms with Gasteiger partial charge in [-0.25, -0.2) is 0 Å². The zero-order valence-corrected chi connectivity index (χ0v) is 15.4. The van der Waals surface area contributed by atoms with Gasteiger partial charge in [0.15, 0.2) is 0 Å². The summed E-state index contributed by atoms with van der Waals surface area (Å²) < 4.78 is 0. The summed E-state index contributed by atoms with van der Waals surface area (Å²) >= 11 is 0. The van der Waals surface area contributed by atoms with Crippen LogP contribution >= 0.6 is 0 Å². The van der Waals surface area contributed by atoms with E-state index in [-0.39, 0.29) is 17.7 Å². The van der Waals surface area contributed by atoms with Crippen LogP contribution in [0.25, 0.3) is 10.9 Å². The third kappa shape index (κ3) is 3.77. The van der Waals surface area contributed by atoms with E-state index in [1.54, 1.807) is 24.3 Å². The predicted octanol–water partition coefficient (Wildman–Crippen LogP) is 4.63. The smallest absolute Gasteiger partial charge is 0.272 e. The summed E-state index contributed by atoms with van der Waals surface area (Å²) in [6, 6.07) is 13.1. The van der Waals surface area contributed by atoms with E-state index in [1.807, 2.05) is 39.8 Å². The molecule has 3 rings (SSSR count). The van der Waals surface area contributed by atoms with Gasteiger partial charge in [0.2, 0.25) is 5.91 Å². The summed E-state index contributed by atoms with van der Waals surface area (Å²) in [5.74, 6) is -0.314. The highest BCUT2D eigenvalue weighted by Gasteiger charge is 2.12. The summed E-state index contributed by atoms with van der Waals surface area (Å²) in [6.45, 7) is 7.75. The molecule has 3 aromatic rings. The molecule has 0 radical (unpaired) electrons. The number of fused-ring (bicyclic) bond motifs is 1. The van der Waals surface area contributed by atoms with Crippen LogP contribution in [0.1, 0.15) is 35.5 Å². The van der Waals surface area contributed by atoms with Gasteiger partial charge in [0, 0.05) is 28.2 Å². The van der Waals surface area contributed by atoms with Gasteiger partial charge in [0.05, 0.1) is 0 Å². The molecule has 0 saturated heterocycles. The second kappa shape index (κ2) is 7.04. The molecule has 0 aliphatic carbocycles. The summed E-state index contributed by atoms with van der Waals surface area (Å²) in [4.78, 5) is 27.4. The Balaban J connectivity index is 1.74. The van der Waals surface area contributed by atoms with Crippen molar-refractivity contribution in [2.75, 3.05) is 10.6 Å². The van der Waals surface area contributed by atoms with Crippen LogP contribution in [0.15, 0.2) is 42.5 Å². The first-order valence-electron chi connectivity index (χ1n) is 8.66. The second-order valence-corrected chi connectivity index (χ2v) is 6.90. The molecule has 1 heterocycles. The Bertz CT molecular complexity index is 969. The number of nitrogens with one attached hydrogen (secondary N) is 3. The number of benzene rings is 2. The Morgan fingerprint density at radius 1 is 0.923 bits per heavy atom. The fraction of sp³-hybridized carbons (Fsp3) is 0.238. The average molecular weight is 349 g/mol. The molecule has 0 spiro atoms. The predicted molar refractivity (Wildman–Crippen MR) is 106 cm³/mol. The topological polar surface area (TPSA) is 74.0 Å². The van der Waals surface area contributed by atoms with Gasteiger partial charge in [-0.3, -0.25) is 9.59 Å². The number of amides is 2. The van der Waals surface area contributed by atoms with Crippen molar-refractivity contribution in [1.82, 2.24) is 4.98 Å². The van der Waals surface area contributed by atoms with Crippen molar-refractivity contribution in [2.45, 2.75) is 27.7 Å². The number of anilines is 2. The molecular formula is C21H23N3O2. The van der Waals surface area contributed by atoms with Gasteiger partial charge >= 0.3 is 0 Å². The van der Waals surface area contributed by atoms with E-state index in [4.69, 9.17) is 0 Å². The minimum atomic E-state index is -0.197. The minimum absolute atomic E-state index is 0.0366. The molecule has 2 aromatic carbocycles. The lowest BCUT2D eigenvalue weighted by atomic mass is 10.1. The van der Waals surface area contributed by atoms with E-state index in [1.165, 1.54) is 0 Å². The summed E-state index contributed by atoms with van der Waals surface area (Å²) in [5, 5.41) is 6.75. The number of H-pyrrole nitrogens is 1. The maximum Gasteiger partial charge on any atom is 0.272 e. The molecule has 0 bridgehead atoms. The molecular weight excluding hydrogens is 326 g/mol. The number of carbonyl (C=O) groups is 2. The zero-order chi connectivity index (χ0) is 18.8. The first-order chi connectivity index (χ1) is 12.3. The zero-order valence-electron chi connectivity index (χ0n) is 15.4. The van der Waals surface area contributed by atoms with Gasteiger partial charge in [-0.15, -0.1) is 0 Å². The van der Waals surface area contributed by atoms with E-state index in [0.717, 1.165) is 22.0 Å². The highest BCUT2D eigenvalue weighted by atomic mass is 16.2. The van der Waals surface area contributed by atoms with Gasteiger partial charge < -0.3 is 15.6 Å². The fourth-order valence-corrected chi connectivity index (χ4v) is 2.84. The molecule has 3 N–H and O–H groups in total. The van der Waals surface area contributed by atoms with Gasteiger partial charge in [0.1, 0.15) is 5.69 Å². The lowest BCUT2D eigenvalue weighted by molar-refractivity contribution is -0.118. The Morgan fingerprint density at radius 3 is 2.15 bits per heavy atom. The third-order valence-corrected chi connectivity index (χ3v) is 4.27. The van der Waals surface area contributed by atoms with Crippen molar-refractivity contribution in [3.05, 3.63) is 59.3 Å². The van der Waals surface area contributed by atoms with Crippen LogP contribution in [-0.4, -0.2) is 16.8 Å². The van der Waals surface area contributed by atoms with E-state index in [2.05, 4.69) is 21.7 Å². The number of hydrogen-bond donors (Lipinski definition) is 3. The van der Waals surface area contributed by atoms with Crippen molar-refractivity contribution in [2.24, 2.45) is 5.92 Å². The quantitative estimate of drug-likeness (QED) is 0.642. The Kier molecular flexibility index (Phi) is 4.80. The van der Waals surface area contributed by atoms with E-state index in [9.17, 15) is 9.59 Å². The summed E-state index contributed by atoms with van der Waals surface area (Å²) in [7, 11) is 0. The van der Waals surface area contributed by atoms with Crippen molar-refractivity contribution < 1.29 is 9.59 Å². The summed E-state index contributed by atoms with van der Waals surface area (Å²) in [5.41, 5.74) is 5.15. The Hall–Kier alpha value is -3.08. The number of aryl methyl sites for hydroxylation is 2. The molecule has 26 heavy (non-hydrogen) atoms. The Labute approximate surface area is 152 Å². The number of aromatic amines is 1. The number of carbonyl (C=O) groups excluding carboxylic acids is 2. The SMILES string of the molecule is Cc1cc(C)c2cc(C(=O)Nc3ccc(NC(=O)C(C)C)cc3)[nH]c2c1. The van der Waals surface area contributed by atoms with E-state index >= 15 is 0 Å². The van der Waals surface area contributed by atoms with Gasteiger partial charge in [-0.1, -0.05) is 19.9 Å². The normalized spacial score (nSPS) is 11.0. The number of hydrogen-bond acceptors (Lipinski definition) is 2. The minimum Gasteiger partial charge on any atom is -0.351 e. The lowest BCUT2D eigenvalue weighted by Crippen LogP contribution is -2.17. The monoisotopic (exact) mass is 349 g/mol. The standard InChI is InChI=1S/C21H23N3O2/c1-12(2)20(25)22-15-5-7-16(8-6-15)23-21(26)19-11-17-14(4)9-13(3)10-18(17)24-19/h5-12,24H,1-4H3,(H,22,25)(H,23,26). The highest BCUT2D eigenvalue weighted by molar-refractivity contribution is 6.06. The molecule has 1 aromatic heterocycles. The molecule has 134 valence electrons. The van der Waals surface area contributed by atoms with Crippen LogP contribution in [-0.2, 0) is 4.79 Å². The van der Waals surface area contributed by atoms with Crippen LogP contribution in [0.3, 0.4) is 0 Å². The largest absolute Gasteiger partial charge is 0.351 e. The van der Waals surface area contributed by atoms with Crippen molar-refractivity contribution >= 4 is 34.1 Å². The fourth-order valence-electron chi connectivity index (χ4n) is 2.84. The lowest BCUT2D eigenvalue weighted by Gasteiger charge is -2.09. The molecule has 5 heteroatoms. The molecule has 0 aliphatic rings. The van der Waals surface area contributed by atoms with Gasteiger partial charge in [0.25, 0.3) is 5.91 Å². The third-order valence-electron chi connectivity index (χ3n) is 4.27. The van der Waals surface area contributed by atoms with E-state index < -0.39 is 0 Å². The molecule has 2 amide bonds. The summed E-state index contributed by atoms with van der Waals surface area (Å²) in [6.07, 6.45) is 0. The van der Waals surface area contributed by atoms with Crippen LogP contribution in [0.4, 0.5) is 11.4 Å². The molecule has 0 atom stereocenters. The van der Waals surface area contributed by atoms with Crippen LogP contribution in [0, 0.1) is 19.8 Å². The Morgan fingerprint density at radius 2 is 1.54 bits per heavy atom. The maximum atomic E-state index is 12.5. The molecule has 5 nitrogen and oxygen atoms in total. The highest BCUT2D eigenvalue weighted by Crippen LogP contribution is 2.22. The van der Waals surface area contributed by atoms with Crippen molar-refractivity contribution in [1.29, 1.82) is 0 Å². The first kappa shape index (κ1) is 17.7. The van der Waals surface area contributed by atoms with Gasteiger partial charge in [-0.05, 0) is 61.4 Å². The molecule has 0 aliphatic heterocycles. The maximum absolute atomic E-state index is 12.5.